The third-order valence-electron chi connectivity index (χ3n) is 4.99. The van der Waals surface area contributed by atoms with E-state index in [0.717, 1.165) is 25.2 Å². The summed E-state index contributed by atoms with van der Waals surface area (Å²) in [6.45, 7) is 2.10. The first-order valence-corrected chi connectivity index (χ1v) is 7.47. The van der Waals surface area contributed by atoms with E-state index in [1.54, 1.807) is 0 Å². The molecule has 1 heterocycles. The van der Waals surface area contributed by atoms with Crippen molar-refractivity contribution in [3.63, 3.8) is 0 Å². The Balaban J connectivity index is 1.64. The fraction of sp³-hybridized carbons (Fsp3) is 1.00. The second-order valence-electron chi connectivity index (χ2n) is 6.07. The molecule has 2 unspecified atom stereocenters. The monoisotopic (exact) mass is 238 g/mol. The van der Waals surface area contributed by atoms with Crippen molar-refractivity contribution in [1.29, 1.82) is 0 Å². The Morgan fingerprint density at radius 2 is 1.71 bits per heavy atom. The van der Waals surface area contributed by atoms with Gasteiger partial charge in [0, 0.05) is 24.7 Å². The maximum Gasteiger partial charge on any atom is 0.0731 e. The molecule has 2 N–H and O–H groups in total. The zero-order chi connectivity index (χ0) is 11.7. The zero-order valence-electron chi connectivity index (χ0n) is 10.8. The number of ether oxygens (including phenoxy) is 1. The summed E-state index contributed by atoms with van der Waals surface area (Å²) in [7, 11) is 0. The van der Waals surface area contributed by atoms with Gasteiger partial charge in [-0.1, -0.05) is 12.8 Å². The van der Waals surface area contributed by atoms with Gasteiger partial charge in [-0.15, -0.1) is 0 Å². The number of morpholine rings is 1. The Morgan fingerprint density at radius 3 is 2.53 bits per heavy atom. The van der Waals surface area contributed by atoms with Gasteiger partial charge in [0.2, 0.25) is 0 Å². The van der Waals surface area contributed by atoms with E-state index in [4.69, 9.17) is 10.5 Å². The summed E-state index contributed by atoms with van der Waals surface area (Å²) in [5.74, 6) is 0. The Morgan fingerprint density at radius 1 is 0.941 bits per heavy atom. The third-order valence-corrected chi connectivity index (χ3v) is 4.99. The number of fused-ring (bicyclic) bond motifs is 1. The number of hydrogen-bond acceptors (Lipinski definition) is 3. The highest BCUT2D eigenvalue weighted by atomic mass is 16.5. The standard InChI is InChI=1S/C14H26N2O/c15-11-5-7-12(8-6-11)16-9-10-17-14-4-2-1-3-13(14)16/h11-14H,1-10,15H2. The lowest BCUT2D eigenvalue weighted by Crippen LogP contribution is -2.57. The van der Waals surface area contributed by atoms with Crippen molar-refractivity contribution in [2.45, 2.75) is 75.6 Å². The van der Waals surface area contributed by atoms with E-state index in [1.165, 1.54) is 51.4 Å². The van der Waals surface area contributed by atoms with E-state index in [0.29, 0.717) is 12.1 Å². The lowest BCUT2D eigenvalue weighted by atomic mass is 9.85. The quantitative estimate of drug-likeness (QED) is 0.758. The molecule has 2 atom stereocenters. The van der Waals surface area contributed by atoms with Crippen LogP contribution in [-0.4, -0.2) is 42.3 Å². The number of nitrogens with zero attached hydrogens (tertiary/aromatic N) is 1. The first-order chi connectivity index (χ1) is 8.34. The summed E-state index contributed by atoms with van der Waals surface area (Å²) < 4.78 is 5.96. The van der Waals surface area contributed by atoms with E-state index in [2.05, 4.69) is 4.90 Å². The topological polar surface area (TPSA) is 38.5 Å². The minimum Gasteiger partial charge on any atom is -0.375 e. The van der Waals surface area contributed by atoms with Gasteiger partial charge in [0.15, 0.2) is 0 Å². The molecule has 0 aromatic carbocycles. The van der Waals surface area contributed by atoms with Crippen LogP contribution >= 0.6 is 0 Å². The van der Waals surface area contributed by atoms with Crippen molar-refractivity contribution in [3.8, 4) is 0 Å². The van der Waals surface area contributed by atoms with Gasteiger partial charge >= 0.3 is 0 Å². The van der Waals surface area contributed by atoms with Crippen LogP contribution in [0.5, 0.6) is 0 Å². The third kappa shape index (κ3) is 2.51. The second kappa shape index (κ2) is 5.25. The summed E-state index contributed by atoms with van der Waals surface area (Å²) in [5.41, 5.74) is 6.02. The average molecular weight is 238 g/mol. The van der Waals surface area contributed by atoms with Gasteiger partial charge in [-0.3, -0.25) is 4.90 Å². The minimum atomic E-state index is 0.467. The van der Waals surface area contributed by atoms with Gasteiger partial charge < -0.3 is 10.5 Å². The fourth-order valence-corrected chi connectivity index (χ4v) is 4.01. The lowest BCUT2D eigenvalue weighted by Gasteiger charge is -2.48. The average Bonchev–Trinajstić information content (AvgIpc) is 2.39. The summed E-state index contributed by atoms with van der Waals surface area (Å²) in [4.78, 5) is 2.78. The van der Waals surface area contributed by atoms with Crippen molar-refractivity contribution in [2.75, 3.05) is 13.2 Å². The molecule has 98 valence electrons. The van der Waals surface area contributed by atoms with Crippen molar-refractivity contribution in [3.05, 3.63) is 0 Å². The van der Waals surface area contributed by atoms with Gasteiger partial charge in [-0.05, 0) is 38.5 Å². The minimum absolute atomic E-state index is 0.467. The summed E-state index contributed by atoms with van der Waals surface area (Å²) in [6.07, 6.45) is 11.0. The van der Waals surface area contributed by atoms with Crippen LogP contribution in [0, 0.1) is 0 Å². The van der Waals surface area contributed by atoms with Crippen molar-refractivity contribution in [2.24, 2.45) is 5.73 Å². The van der Waals surface area contributed by atoms with Crippen LogP contribution in [0.4, 0.5) is 0 Å². The molecule has 0 amide bonds. The Labute approximate surface area is 105 Å². The number of nitrogens with two attached hydrogens (primary N) is 1. The van der Waals surface area contributed by atoms with Gasteiger partial charge in [0.05, 0.1) is 12.7 Å². The molecule has 17 heavy (non-hydrogen) atoms. The molecule has 3 nitrogen and oxygen atoms in total. The highest BCUT2D eigenvalue weighted by Crippen LogP contribution is 2.33. The molecule has 2 aliphatic carbocycles. The van der Waals surface area contributed by atoms with E-state index < -0.39 is 0 Å². The maximum atomic E-state index is 6.02. The summed E-state index contributed by atoms with van der Waals surface area (Å²) >= 11 is 0. The lowest BCUT2D eigenvalue weighted by molar-refractivity contribution is -0.107. The van der Waals surface area contributed by atoms with Crippen molar-refractivity contribution in [1.82, 2.24) is 4.90 Å². The van der Waals surface area contributed by atoms with E-state index in [9.17, 15) is 0 Å². The van der Waals surface area contributed by atoms with E-state index >= 15 is 0 Å². The van der Waals surface area contributed by atoms with Crippen LogP contribution in [0.2, 0.25) is 0 Å². The summed E-state index contributed by atoms with van der Waals surface area (Å²) in [5, 5.41) is 0. The molecular weight excluding hydrogens is 212 g/mol. The fourth-order valence-electron chi connectivity index (χ4n) is 4.01. The predicted octanol–water partition coefficient (Wildman–Crippen LogP) is 1.90. The van der Waals surface area contributed by atoms with Crippen LogP contribution in [0.25, 0.3) is 0 Å². The van der Waals surface area contributed by atoms with E-state index in [-0.39, 0.29) is 0 Å². The van der Waals surface area contributed by atoms with E-state index in [1.807, 2.05) is 0 Å². The number of rotatable bonds is 1. The Hall–Kier alpha value is -0.120. The van der Waals surface area contributed by atoms with Gasteiger partial charge in [-0.2, -0.15) is 0 Å². The smallest absolute Gasteiger partial charge is 0.0731 e. The molecule has 0 aromatic rings. The second-order valence-corrected chi connectivity index (χ2v) is 6.07. The Bertz CT molecular complexity index is 249. The van der Waals surface area contributed by atoms with Crippen molar-refractivity contribution >= 4 is 0 Å². The van der Waals surface area contributed by atoms with Gasteiger partial charge in [-0.25, -0.2) is 0 Å². The normalized spacial score (nSPS) is 44.3. The SMILES string of the molecule is NC1CCC(N2CCOC3CCCCC32)CC1. The maximum absolute atomic E-state index is 6.02. The molecule has 0 bridgehead atoms. The highest BCUT2D eigenvalue weighted by molar-refractivity contribution is 4.92. The van der Waals surface area contributed by atoms with Gasteiger partial charge in [0.25, 0.3) is 0 Å². The first kappa shape index (κ1) is 11.9. The Kier molecular flexibility index (Phi) is 3.69. The molecule has 0 radical (unpaired) electrons. The van der Waals surface area contributed by atoms with Crippen LogP contribution < -0.4 is 5.73 Å². The molecule has 3 fully saturated rings. The molecule has 3 rings (SSSR count). The molecule has 1 saturated heterocycles. The molecule has 0 aromatic heterocycles. The van der Waals surface area contributed by atoms with Crippen LogP contribution in [0.3, 0.4) is 0 Å². The molecule has 1 aliphatic heterocycles. The van der Waals surface area contributed by atoms with Crippen LogP contribution in [-0.2, 0) is 4.74 Å². The largest absolute Gasteiger partial charge is 0.375 e. The van der Waals surface area contributed by atoms with Crippen molar-refractivity contribution < 1.29 is 4.74 Å². The summed E-state index contributed by atoms with van der Waals surface area (Å²) in [6, 6.07) is 1.98. The molecule has 0 spiro atoms. The highest BCUT2D eigenvalue weighted by Gasteiger charge is 2.38. The first-order valence-electron chi connectivity index (χ1n) is 7.47. The van der Waals surface area contributed by atoms with Crippen LogP contribution in [0.1, 0.15) is 51.4 Å². The number of hydrogen-bond donors (Lipinski definition) is 1. The zero-order valence-corrected chi connectivity index (χ0v) is 10.8. The predicted molar refractivity (Wildman–Crippen MR) is 68.9 cm³/mol. The molecular formula is C14H26N2O. The molecule has 3 heteroatoms. The molecule has 2 saturated carbocycles. The molecule has 3 aliphatic rings. The van der Waals surface area contributed by atoms with Gasteiger partial charge in [0.1, 0.15) is 0 Å². The van der Waals surface area contributed by atoms with Crippen LogP contribution in [0.15, 0.2) is 0 Å².